The Morgan fingerprint density at radius 2 is 2.67 bits per heavy atom. The maximum atomic E-state index is 10.4. The van der Waals surface area contributed by atoms with Crippen LogP contribution in [-0.2, 0) is 4.79 Å². The summed E-state index contributed by atoms with van der Waals surface area (Å²) in [6, 6.07) is 0. The van der Waals surface area contributed by atoms with Gasteiger partial charge in [-0.05, 0) is 0 Å². The van der Waals surface area contributed by atoms with Crippen LogP contribution in [0.5, 0.6) is 0 Å². The fraction of sp³-hybridized carbons (Fsp3) is 0.200. The second kappa shape index (κ2) is 3.06. The molecule has 0 saturated carbocycles. The number of carbonyl (C=O) groups is 1. The number of hydrogen-bond donors (Lipinski definition) is 2. The van der Waals surface area contributed by atoms with E-state index in [1.54, 1.807) is 0 Å². The number of amides is 1. The van der Waals surface area contributed by atoms with Gasteiger partial charge >= 0.3 is 64.6 Å². The van der Waals surface area contributed by atoms with Crippen molar-refractivity contribution in [2.45, 2.75) is 6.92 Å². The first-order chi connectivity index (χ1) is 4.29. The molecule has 46 valence electrons. The summed E-state index contributed by atoms with van der Waals surface area (Å²) in [4.78, 5) is 10.4. The van der Waals surface area contributed by atoms with Gasteiger partial charge in [0.15, 0.2) is 0 Å². The van der Waals surface area contributed by atoms with Crippen LogP contribution < -0.4 is 8.62 Å². The van der Waals surface area contributed by atoms with Gasteiger partial charge in [0.25, 0.3) is 0 Å². The van der Waals surface area contributed by atoms with Gasteiger partial charge < -0.3 is 0 Å². The topological polar surface area (TPSA) is 41.1 Å². The molecular formula is C5H7InN2O. The Kier molecular flexibility index (Phi) is 2.33. The first-order valence-electron chi connectivity index (χ1n) is 2.69. The Morgan fingerprint density at radius 1 is 1.89 bits per heavy atom. The summed E-state index contributed by atoms with van der Waals surface area (Å²) in [6.45, 7) is 1.53. The van der Waals surface area contributed by atoms with E-state index in [1.807, 2.05) is 12.3 Å². The molecule has 0 saturated heterocycles. The maximum absolute atomic E-state index is 10.4. The third kappa shape index (κ3) is 2.22. The number of hydrogen-bond acceptors (Lipinski definition) is 2. The zero-order valence-electron chi connectivity index (χ0n) is 5.14. The zero-order chi connectivity index (χ0) is 6.69. The SMILES string of the molecule is CC(=O)N[C]1=[In][NH]C=C1. The third-order valence-electron chi connectivity index (χ3n) is 0.918. The van der Waals surface area contributed by atoms with Crippen LogP contribution in [0.3, 0.4) is 0 Å². The van der Waals surface area contributed by atoms with Crippen molar-refractivity contribution in [3.63, 3.8) is 0 Å². The summed E-state index contributed by atoms with van der Waals surface area (Å²) in [5.74, 6) is 0.0321. The molecule has 1 aliphatic heterocycles. The monoisotopic (exact) mass is 226 g/mol. The van der Waals surface area contributed by atoms with E-state index in [4.69, 9.17) is 0 Å². The van der Waals surface area contributed by atoms with Crippen LogP contribution in [-0.4, -0.2) is 32.0 Å². The van der Waals surface area contributed by atoms with Crippen LogP contribution in [0.1, 0.15) is 6.92 Å². The minimum absolute atomic E-state index is 0.0321. The van der Waals surface area contributed by atoms with Gasteiger partial charge in [0.1, 0.15) is 0 Å². The van der Waals surface area contributed by atoms with Crippen molar-refractivity contribution in [3.8, 4) is 0 Å². The molecule has 0 fully saturated rings. The van der Waals surface area contributed by atoms with Gasteiger partial charge in [-0.15, -0.1) is 0 Å². The Morgan fingerprint density at radius 3 is 3.11 bits per heavy atom. The quantitative estimate of drug-likeness (QED) is 0.601. The van der Waals surface area contributed by atoms with Gasteiger partial charge in [0.05, 0.1) is 0 Å². The normalized spacial score (nSPS) is 13.7. The van der Waals surface area contributed by atoms with Crippen molar-refractivity contribution in [2.75, 3.05) is 0 Å². The van der Waals surface area contributed by atoms with Gasteiger partial charge in [0, 0.05) is 0 Å². The van der Waals surface area contributed by atoms with Crippen molar-refractivity contribution in [3.05, 3.63) is 12.3 Å². The molecule has 1 heterocycles. The van der Waals surface area contributed by atoms with E-state index in [0.29, 0.717) is 0 Å². The van der Waals surface area contributed by atoms with Crippen LogP contribution in [0.4, 0.5) is 0 Å². The fourth-order valence-electron chi connectivity index (χ4n) is 0.605. The number of nitrogens with one attached hydrogen (secondary N) is 2. The molecule has 0 spiro atoms. The Balaban J connectivity index is 2.45. The molecule has 1 rings (SSSR count). The van der Waals surface area contributed by atoms with Crippen LogP contribution in [0, 0.1) is 0 Å². The van der Waals surface area contributed by atoms with E-state index in [9.17, 15) is 4.79 Å². The van der Waals surface area contributed by atoms with Gasteiger partial charge in [-0.25, -0.2) is 0 Å². The van der Waals surface area contributed by atoms with E-state index < -0.39 is 22.7 Å². The number of carbonyl (C=O) groups excluding carboxylic acids is 1. The molecule has 2 N–H and O–H groups in total. The number of rotatable bonds is 1. The van der Waals surface area contributed by atoms with Crippen molar-refractivity contribution in [1.82, 2.24) is 8.62 Å². The molecule has 1 amide bonds. The molecule has 0 aliphatic carbocycles. The molecule has 0 bridgehead atoms. The summed E-state index contributed by atoms with van der Waals surface area (Å²) >= 11 is -0.766. The first-order valence-corrected chi connectivity index (χ1v) is 5.99. The van der Waals surface area contributed by atoms with E-state index in [2.05, 4.69) is 8.62 Å². The van der Waals surface area contributed by atoms with Gasteiger partial charge in [-0.2, -0.15) is 0 Å². The summed E-state index contributed by atoms with van der Waals surface area (Å²) < 4.78 is 4.26. The van der Waals surface area contributed by atoms with Crippen molar-refractivity contribution >= 4 is 32.0 Å². The Labute approximate surface area is 64.7 Å². The van der Waals surface area contributed by atoms with E-state index in [0.717, 1.165) is 3.38 Å². The molecule has 0 aromatic rings. The summed E-state index contributed by atoms with van der Waals surface area (Å²) in [5, 5.41) is 2.75. The average molecular weight is 226 g/mol. The molecule has 9 heavy (non-hydrogen) atoms. The summed E-state index contributed by atoms with van der Waals surface area (Å²) in [6.07, 6.45) is 3.83. The van der Waals surface area contributed by atoms with Crippen molar-refractivity contribution < 1.29 is 4.79 Å². The predicted molar refractivity (Wildman–Crippen MR) is 36.9 cm³/mol. The molecule has 0 aromatic heterocycles. The van der Waals surface area contributed by atoms with Gasteiger partial charge in [-0.3, -0.25) is 0 Å². The minimum atomic E-state index is -0.766. The summed E-state index contributed by atoms with van der Waals surface area (Å²) in [5.41, 5.74) is 0. The fourth-order valence-corrected chi connectivity index (χ4v) is 3.00. The zero-order valence-corrected chi connectivity index (χ0v) is 8.44. The van der Waals surface area contributed by atoms with E-state index in [-0.39, 0.29) is 5.91 Å². The molecule has 0 radical (unpaired) electrons. The Hall–Kier alpha value is -0.250. The van der Waals surface area contributed by atoms with Gasteiger partial charge in [0.2, 0.25) is 0 Å². The van der Waals surface area contributed by atoms with Crippen LogP contribution in [0.25, 0.3) is 0 Å². The predicted octanol–water partition coefficient (Wildman–Crippen LogP) is -1.01. The second-order valence-electron chi connectivity index (χ2n) is 1.78. The van der Waals surface area contributed by atoms with Crippen LogP contribution in [0.2, 0.25) is 0 Å². The van der Waals surface area contributed by atoms with Crippen LogP contribution in [0.15, 0.2) is 12.3 Å². The van der Waals surface area contributed by atoms with Crippen molar-refractivity contribution in [2.24, 2.45) is 0 Å². The van der Waals surface area contributed by atoms with Gasteiger partial charge in [-0.1, -0.05) is 0 Å². The van der Waals surface area contributed by atoms with Crippen LogP contribution >= 0.6 is 0 Å². The van der Waals surface area contributed by atoms with E-state index >= 15 is 0 Å². The molecule has 3 nitrogen and oxygen atoms in total. The summed E-state index contributed by atoms with van der Waals surface area (Å²) in [7, 11) is 0. The molecule has 1 aliphatic rings. The molecule has 0 aromatic carbocycles. The molecular weight excluding hydrogens is 219 g/mol. The standard InChI is InChI=1S/C5H7N2O.In/c1-5(8)7-4-2-3-6;/h2-3,6H,1H3,(H,7,8);/q-1;+1. The first kappa shape index (κ1) is 6.86. The van der Waals surface area contributed by atoms with E-state index in [1.165, 1.54) is 6.92 Å². The molecule has 0 atom stereocenters. The average Bonchev–Trinajstić information content (AvgIpc) is 2.15. The molecule has 0 unspecified atom stereocenters. The third-order valence-corrected chi connectivity index (χ3v) is 3.79. The second-order valence-corrected chi connectivity index (χ2v) is 5.33. The molecule has 4 heteroatoms. The Bertz CT molecular complexity index is 185. The van der Waals surface area contributed by atoms with Crippen molar-refractivity contribution in [1.29, 1.82) is 0 Å².